The molecule has 2 aromatic carbocycles. The summed E-state index contributed by atoms with van der Waals surface area (Å²) in [6, 6.07) is 14.6. The average Bonchev–Trinajstić information content (AvgIpc) is 3.17. The number of allylic oxidation sites excluding steroid dienone is 1. The molecule has 0 radical (unpaired) electrons. The number of benzene rings is 2. The van der Waals surface area contributed by atoms with Crippen LogP contribution < -0.4 is 9.47 Å². The number of carbonyl (C=O) groups excluding carboxylic acids is 2. The molecule has 2 aliphatic rings. The maximum atomic E-state index is 12.8. The quantitative estimate of drug-likeness (QED) is 0.589. The number of hydrogen-bond acceptors (Lipinski definition) is 7. The molecule has 2 aromatic rings. The van der Waals surface area contributed by atoms with Crippen molar-refractivity contribution in [2.45, 2.75) is 26.5 Å². The van der Waals surface area contributed by atoms with E-state index in [0.717, 1.165) is 11.1 Å². The van der Waals surface area contributed by atoms with Gasteiger partial charge in [-0.1, -0.05) is 48.2 Å². The first-order chi connectivity index (χ1) is 15.5. The number of thioether (sulfide) groups is 1. The second-order valence-electron chi connectivity index (χ2n) is 7.25. The fraction of sp³-hybridized carbons (Fsp3) is 0.292. The molecule has 2 heterocycles. The topological polar surface area (TPSA) is 77.4 Å². The lowest BCUT2D eigenvalue weighted by Crippen LogP contribution is -2.39. The zero-order valence-electron chi connectivity index (χ0n) is 18.2. The van der Waals surface area contributed by atoms with Crippen molar-refractivity contribution in [2.75, 3.05) is 19.5 Å². The van der Waals surface area contributed by atoms with E-state index in [1.54, 1.807) is 38.0 Å². The molecule has 2 aliphatic heterocycles. The molecular formula is C24H24N2O5S. The van der Waals surface area contributed by atoms with E-state index in [-0.39, 0.29) is 18.3 Å². The van der Waals surface area contributed by atoms with Crippen molar-refractivity contribution in [3.8, 4) is 11.5 Å². The van der Waals surface area contributed by atoms with Crippen LogP contribution >= 0.6 is 11.8 Å². The zero-order chi connectivity index (χ0) is 22.7. The van der Waals surface area contributed by atoms with Crippen LogP contribution in [0, 0.1) is 0 Å². The van der Waals surface area contributed by atoms with Gasteiger partial charge in [0.2, 0.25) is 5.91 Å². The highest BCUT2D eigenvalue weighted by molar-refractivity contribution is 8.15. The Morgan fingerprint density at radius 2 is 1.97 bits per heavy atom. The second-order valence-corrected chi connectivity index (χ2v) is 8.20. The third kappa shape index (κ3) is 4.23. The summed E-state index contributed by atoms with van der Waals surface area (Å²) in [6.07, 6.45) is 0. The fourth-order valence-corrected chi connectivity index (χ4v) is 4.68. The smallest absolute Gasteiger partial charge is 0.338 e. The third-order valence-corrected chi connectivity index (χ3v) is 6.16. The molecule has 4 rings (SSSR count). The summed E-state index contributed by atoms with van der Waals surface area (Å²) in [6.45, 7) is 4.14. The maximum Gasteiger partial charge on any atom is 0.338 e. The molecule has 1 saturated heterocycles. The first kappa shape index (κ1) is 22.0. The Hall–Kier alpha value is -3.26. The third-order valence-electron chi connectivity index (χ3n) is 5.22. The molecular weight excluding hydrogens is 428 g/mol. The Kier molecular flexibility index (Phi) is 6.50. The van der Waals surface area contributed by atoms with Crippen LogP contribution in [0.1, 0.15) is 31.0 Å². The van der Waals surface area contributed by atoms with E-state index < -0.39 is 12.0 Å². The van der Waals surface area contributed by atoms with Crippen molar-refractivity contribution >= 4 is 28.8 Å². The highest BCUT2D eigenvalue weighted by Gasteiger charge is 2.43. The molecule has 0 saturated carbocycles. The van der Waals surface area contributed by atoms with Crippen molar-refractivity contribution in [1.29, 1.82) is 0 Å². The summed E-state index contributed by atoms with van der Waals surface area (Å²) in [5.41, 5.74) is 2.66. The molecule has 0 spiro atoms. The number of hydrogen-bond donors (Lipinski definition) is 0. The van der Waals surface area contributed by atoms with Gasteiger partial charge in [0.25, 0.3) is 0 Å². The van der Waals surface area contributed by atoms with Crippen LogP contribution in [0.3, 0.4) is 0 Å². The highest BCUT2D eigenvalue weighted by Crippen LogP contribution is 2.43. The molecule has 32 heavy (non-hydrogen) atoms. The minimum atomic E-state index is -0.638. The van der Waals surface area contributed by atoms with Gasteiger partial charge in [0.05, 0.1) is 36.8 Å². The Morgan fingerprint density at radius 1 is 1.19 bits per heavy atom. The molecule has 1 amide bonds. The number of amides is 1. The van der Waals surface area contributed by atoms with Crippen molar-refractivity contribution in [2.24, 2.45) is 4.99 Å². The number of rotatable bonds is 7. The normalized spacial score (nSPS) is 17.7. The lowest BCUT2D eigenvalue weighted by Gasteiger charge is -2.33. The summed E-state index contributed by atoms with van der Waals surface area (Å²) < 4.78 is 16.8. The number of methoxy groups -OCH3 is 1. The lowest BCUT2D eigenvalue weighted by atomic mass is 9.94. The zero-order valence-corrected chi connectivity index (χ0v) is 19.0. The number of nitrogens with zero attached hydrogens (tertiary/aromatic N) is 2. The molecule has 0 bridgehead atoms. The minimum absolute atomic E-state index is 0.101. The van der Waals surface area contributed by atoms with Gasteiger partial charge in [0.15, 0.2) is 16.7 Å². The Morgan fingerprint density at radius 3 is 2.69 bits per heavy atom. The second kappa shape index (κ2) is 9.48. The maximum absolute atomic E-state index is 12.8. The van der Waals surface area contributed by atoms with E-state index in [1.165, 1.54) is 11.8 Å². The SMILES string of the molecule is CCOC(=O)C1=C(C)N=C2SCC(=O)N2[C@H]1c1ccc(OCc2ccccc2)c(OC)c1. The van der Waals surface area contributed by atoms with Gasteiger partial charge in [-0.2, -0.15) is 0 Å². The monoisotopic (exact) mass is 452 g/mol. The molecule has 1 fully saturated rings. The molecule has 0 N–H and O–H groups in total. The van der Waals surface area contributed by atoms with Crippen LogP contribution in [-0.4, -0.2) is 41.4 Å². The van der Waals surface area contributed by atoms with E-state index in [4.69, 9.17) is 14.2 Å². The van der Waals surface area contributed by atoms with E-state index in [1.807, 2.05) is 36.4 Å². The number of carbonyl (C=O) groups is 2. The standard InChI is InChI=1S/C24H24N2O5S/c1-4-30-23(28)21-15(2)25-24-26(20(27)14-32-24)22(21)17-10-11-18(19(12-17)29-3)31-13-16-8-6-5-7-9-16/h5-12,22H,4,13-14H2,1-3H3/t22-/m0/s1. The number of aliphatic imine (C=N–C) groups is 1. The predicted octanol–water partition coefficient (Wildman–Crippen LogP) is 4.10. The number of ether oxygens (including phenoxy) is 3. The molecule has 0 unspecified atom stereocenters. The van der Waals surface area contributed by atoms with Gasteiger partial charge < -0.3 is 14.2 Å². The molecule has 8 heteroatoms. The Bertz CT molecular complexity index is 1100. The van der Waals surface area contributed by atoms with E-state index >= 15 is 0 Å². The van der Waals surface area contributed by atoms with Gasteiger partial charge in [-0.05, 0) is 37.1 Å². The summed E-state index contributed by atoms with van der Waals surface area (Å²) in [4.78, 5) is 31.6. The van der Waals surface area contributed by atoms with Crippen LogP contribution in [0.25, 0.3) is 0 Å². The van der Waals surface area contributed by atoms with Crippen LogP contribution in [0.2, 0.25) is 0 Å². The number of amidine groups is 1. The molecule has 7 nitrogen and oxygen atoms in total. The van der Waals surface area contributed by atoms with Crippen molar-refractivity contribution in [3.63, 3.8) is 0 Å². The summed E-state index contributed by atoms with van der Waals surface area (Å²) >= 11 is 1.37. The highest BCUT2D eigenvalue weighted by atomic mass is 32.2. The Labute approximate surface area is 191 Å². The van der Waals surface area contributed by atoms with Gasteiger partial charge in [0.1, 0.15) is 6.61 Å². The van der Waals surface area contributed by atoms with Gasteiger partial charge in [-0.3, -0.25) is 9.69 Å². The summed E-state index contributed by atoms with van der Waals surface area (Å²) in [7, 11) is 1.56. The van der Waals surface area contributed by atoms with Crippen molar-refractivity contribution < 1.29 is 23.8 Å². The largest absolute Gasteiger partial charge is 0.493 e. The lowest BCUT2D eigenvalue weighted by molar-refractivity contribution is -0.139. The first-order valence-corrected chi connectivity index (χ1v) is 11.3. The molecule has 166 valence electrons. The summed E-state index contributed by atoms with van der Waals surface area (Å²) in [5, 5.41) is 0.592. The summed E-state index contributed by atoms with van der Waals surface area (Å²) in [5.74, 6) is 0.795. The van der Waals surface area contributed by atoms with Crippen molar-refractivity contribution in [3.05, 3.63) is 70.9 Å². The van der Waals surface area contributed by atoms with Gasteiger partial charge in [-0.15, -0.1) is 0 Å². The van der Waals surface area contributed by atoms with E-state index in [2.05, 4.69) is 4.99 Å². The number of esters is 1. The first-order valence-electron chi connectivity index (χ1n) is 10.3. The van der Waals surface area contributed by atoms with E-state index in [0.29, 0.717) is 34.5 Å². The average molecular weight is 453 g/mol. The van der Waals surface area contributed by atoms with E-state index in [9.17, 15) is 9.59 Å². The fourth-order valence-electron chi connectivity index (χ4n) is 3.74. The van der Waals surface area contributed by atoms with Crippen LogP contribution in [0.15, 0.2) is 64.8 Å². The number of fused-ring (bicyclic) bond motifs is 1. The predicted molar refractivity (Wildman–Crippen MR) is 123 cm³/mol. The van der Waals surface area contributed by atoms with Crippen LogP contribution in [-0.2, 0) is 20.9 Å². The van der Waals surface area contributed by atoms with Gasteiger partial charge >= 0.3 is 5.97 Å². The van der Waals surface area contributed by atoms with Crippen molar-refractivity contribution in [1.82, 2.24) is 4.90 Å². The molecule has 0 aliphatic carbocycles. The molecule has 1 atom stereocenters. The molecule has 0 aromatic heterocycles. The Balaban J connectivity index is 1.70. The minimum Gasteiger partial charge on any atom is -0.493 e. The van der Waals surface area contributed by atoms with Gasteiger partial charge in [0, 0.05) is 0 Å². The van der Waals surface area contributed by atoms with Crippen LogP contribution in [0.5, 0.6) is 11.5 Å². The van der Waals surface area contributed by atoms with Crippen LogP contribution in [0.4, 0.5) is 0 Å². The van der Waals surface area contributed by atoms with Gasteiger partial charge in [-0.25, -0.2) is 9.79 Å².